The summed E-state index contributed by atoms with van der Waals surface area (Å²) in [6.45, 7) is 6.87. The zero-order valence-corrected chi connectivity index (χ0v) is 24.5. The highest BCUT2D eigenvalue weighted by molar-refractivity contribution is 9.10. The van der Waals surface area contributed by atoms with Crippen LogP contribution in [0, 0.1) is 11.3 Å². The largest absolute Gasteiger partial charge is 0.496 e. The van der Waals surface area contributed by atoms with Crippen molar-refractivity contribution in [2.45, 2.75) is 40.0 Å². The first-order valence-electron chi connectivity index (χ1n) is 12.2. The summed E-state index contributed by atoms with van der Waals surface area (Å²) in [4.78, 5) is 19.7. The third-order valence-corrected chi connectivity index (χ3v) is 8.55. The molecule has 0 bridgehead atoms. The standard InChI is InChI=1S/C29H33BrN2O4S/c1-29(2,3)18-7-12-21-25(14-18)37-28(26(21)27(33)32-20-10-8-19(30)9-11-20)31-16-17-13-23(35-5)24(36-6)15-22(17)34-4/h8-11,13,15-16,18H,7,12,14H2,1-6H3,(H,32,33)/b31-16+. The minimum atomic E-state index is -0.138. The number of nitrogens with zero attached hydrogens (tertiary/aromatic N) is 1. The van der Waals surface area contributed by atoms with Gasteiger partial charge < -0.3 is 19.5 Å². The van der Waals surface area contributed by atoms with Crippen LogP contribution in [-0.2, 0) is 12.8 Å². The minimum absolute atomic E-state index is 0.138. The quantitative estimate of drug-likeness (QED) is 0.289. The van der Waals surface area contributed by atoms with Crippen LogP contribution in [0.4, 0.5) is 10.7 Å². The predicted octanol–water partition coefficient (Wildman–Crippen LogP) is 7.69. The average Bonchev–Trinajstić information content (AvgIpc) is 3.25. The van der Waals surface area contributed by atoms with Crippen LogP contribution in [0.5, 0.6) is 17.2 Å². The van der Waals surface area contributed by atoms with Crippen LogP contribution >= 0.6 is 27.3 Å². The summed E-state index contributed by atoms with van der Waals surface area (Å²) in [5.41, 5.74) is 3.46. The SMILES string of the molecule is COc1cc(OC)c(OC)cc1/C=N/c1sc2c(c1C(=O)Nc1ccc(Br)cc1)CCC(C(C)(C)C)C2. The number of halogens is 1. The lowest BCUT2D eigenvalue weighted by Crippen LogP contribution is -2.27. The lowest BCUT2D eigenvalue weighted by atomic mass is 9.72. The summed E-state index contributed by atoms with van der Waals surface area (Å²) in [5.74, 6) is 2.18. The Bertz CT molecular complexity index is 1310. The van der Waals surface area contributed by atoms with Gasteiger partial charge in [0.05, 0.1) is 26.9 Å². The molecular formula is C29H33BrN2O4S. The van der Waals surface area contributed by atoms with Gasteiger partial charge in [-0.15, -0.1) is 11.3 Å². The van der Waals surface area contributed by atoms with Crippen molar-refractivity contribution in [2.75, 3.05) is 26.6 Å². The maximum Gasteiger partial charge on any atom is 0.259 e. The fourth-order valence-electron chi connectivity index (χ4n) is 4.64. The average molecular weight is 586 g/mol. The van der Waals surface area contributed by atoms with E-state index < -0.39 is 0 Å². The van der Waals surface area contributed by atoms with Gasteiger partial charge in [-0.25, -0.2) is 4.99 Å². The second-order valence-electron chi connectivity index (χ2n) is 10.2. The van der Waals surface area contributed by atoms with Crippen LogP contribution < -0.4 is 19.5 Å². The molecule has 1 N–H and O–H groups in total. The van der Waals surface area contributed by atoms with Gasteiger partial charge in [-0.05, 0) is 66.5 Å². The van der Waals surface area contributed by atoms with Crippen LogP contribution in [0.25, 0.3) is 0 Å². The highest BCUT2D eigenvalue weighted by atomic mass is 79.9. The molecule has 2 aromatic carbocycles. The number of carbonyl (C=O) groups excluding carboxylic acids is 1. The van der Waals surface area contributed by atoms with Gasteiger partial charge in [-0.2, -0.15) is 0 Å². The summed E-state index contributed by atoms with van der Waals surface area (Å²) in [7, 11) is 4.78. The molecule has 4 rings (SSSR count). The van der Waals surface area contributed by atoms with Gasteiger partial charge in [0.25, 0.3) is 5.91 Å². The molecule has 0 saturated carbocycles. The molecule has 1 amide bonds. The topological polar surface area (TPSA) is 69.1 Å². The fraction of sp³-hybridized carbons (Fsp3) is 0.379. The number of anilines is 1. The number of rotatable bonds is 7. The molecule has 1 unspecified atom stereocenters. The molecule has 1 heterocycles. The molecule has 0 radical (unpaired) electrons. The molecule has 1 aliphatic rings. The highest BCUT2D eigenvalue weighted by Gasteiger charge is 2.33. The molecule has 0 fully saturated rings. The third kappa shape index (κ3) is 6.02. The number of amides is 1. The summed E-state index contributed by atoms with van der Waals surface area (Å²) in [6.07, 6.45) is 4.61. The van der Waals surface area contributed by atoms with Crippen molar-refractivity contribution in [3.8, 4) is 17.2 Å². The van der Waals surface area contributed by atoms with E-state index in [9.17, 15) is 4.79 Å². The first-order valence-corrected chi connectivity index (χ1v) is 13.8. The van der Waals surface area contributed by atoms with Gasteiger partial charge in [0.15, 0.2) is 11.5 Å². The van der Waals surface area contributed by atoms with Gasteiger partial charge in [-0.1, -0.05) is 36.7 Å². The molecule has 0 aliphatic heterocycles. The lowest BCUT2D eigenvalue weighted by Gasteiger charge is -2.33. The Labute approximate surface area is 231 Å². The van der Waals surface area contributed by atoms with Crippen LogP contribution in [0.15, 0.2) is 45.9 Å². The maximum absolute atomic E-state index is 13.6. The van der Waals surface area contributed by atoms with Crippen molar-refractivity contribution in [3.63, 3.8) is 0 Å². The second-order valence-corrected chi connectivity index (χ2v) is 12.2. The Morgan fingerprint density at radius 1 is 1.05 bits per heavy atom. The first kappa shape index (κ1) is 27.2. The Kier molecular flexibility index (Phi) is 8.29. The van der Waals surface area contributed by atoms with Gasteiger partial charge in [-0.3, -0.25) is 4.79 Å². The lowest BCUT2D eigenvalue weighted by molar-refractivity contribution is 0.102. The number of hydrogen-bond acceptors (Lipinski definition) is 6. The van der Waals surface area contributed by atoms with Crippen molar-refractivity contribution >= 4 is 50.1 Å². The molecule has 6 nitrogen and oxygen atoms in total. The number of benzene rings is 2. The first-order chi connectivity index (χ1) is 17.6. The minimum Gasteiger partial charge on any atom is -0.496 e. The van der Waals surface area contributed by atoms with Crippen LogP contribution in [0.1, 0.15) is 53.6 Å². The number of hydrogen-bond donors (Lipinski definition) is 1. The summed E-state index contributed by atoms with van der Waals surface area (Å²) in [6, 6.07) is 11.2. The smallest absolute Gasteiger partial charge is 0.259 e. The van der Waals surface area contributed by atoms with E-state index in [4.69, 9.17) is 19.2 Å². The van der Waals surface area contributed by atoms with E-state index in [-0.39, 0.29) is 11.3 Å². The van der Waals surface area contributed by atoms with Crippen molar-refractivity contribution < 1.29 is 19.0 Å². The highest BCUT2D eigenvalue weighted by Crippen LogP contribution is 2.45. The van der Waals surface area contributed by atoms with Crippen molar-refractivity contribution in [1.29, 1.82) is 0 Å². The predicted molar refractivity (Wildman–Crippen MR) is 155 cm³/mol. The molecule has 1 atom stereocenters. The van der Waals surface area contributed by atoms with E-state index in [1.807, 2.05) is 30.3 Å². The zero-order valence-electron chi connectivity index (χ0n) is 22.1. The number of fused-ring (bicyclic) bond motifs is 1. The maximum atomic E-state index is 13.6. The molecule has 196 valence electrons. The van der Waals surface area contributed by atoms with Gasteiger partial charge in [0.2, 0.25) is 0 Å². The summed E-state index contributed by atoms with van der Waals surface area (Å²) < 4.78 is 17.4. The molecule has 1 aromatic heterocycles. The molecule has 37 heavy (non-hydrogen) atoms. The molecule has 8 heteroatoms. The summed E-state index contributed by atoms with van der Waals surface area (Å²) >= 11 is 5.06. The van der Waals surface area contributed by atoms with Crippen LogP contribution in [0.3, 0.4) is 0 Å². The van der Waals surface area contributed by atoms with Crippen LogP contribution in [0.2, 0.25) is 0 Å². The number of ether oxygens (including phenoxy) is 3. The van der Waals surface area contributed by atoms with E-state index in [1.165, 1.54) is 4.88 Å². The van der Waals surface area contributed by atoms with Crippen molar-refractivity contribution in [2.24, 2.45) is 16.3 Å². The normalized spacial score (nSPS) is 15.4. The second kappa shape index (κ2) is 11.3. The van der Waals surface area contributed by atoms with E-state index >= 15 is 0 Å². The van der Waals surface area contributed by atoms with E-state index in [1.54, 1.807) is 44.9 Å². The Morgan fingerprint density at radius 3 is 2.32 bits per heavy atom. The summed E-state index contributed by atoms with van der Waals surface area (Å²) in [5, 5.41) is 3.77. The zero-order chi connectivity index (χ0) is 26.7. The number of aliphatic imine (C=N–C) groups is 1. The van der Waals surface area contributed by atoms with Gasteiger partial charge in [0.1, 0.15) is 10.8 Å². The van der Waals surface area contributed by atoms with Crippen molar-refractivity contribution in [1.82, 2.24) is 0 Å². The van der Waals surface area contributed by atoms with Crippen LogP contribution in [-0.4, -0.2) is 33.5 Å². The number of carbonyl (C=O) groups is 1. The number of nitrogens with one attached hydrogen (secondary N) is 1. The molecule has 0 saturated heterocycles. The molecule has 3 aromatic rings. The fourth-order valence-corrected chi connectivity index (χ4v) is 6.18. The number of methoxy groups -OCH3 is 3. The Balaban J connectivity index is 1.75. The molecule has 1 aliphatic carbocycles. The monoisotopic (exact) mass is 584 g/mol. The number of thiophene rings is 1. The third-order valence-electron chi connectivity index (χ3n) is 6.86. The van der Waals surface area contributed by atoms with Gasteiger partial charge in [0, 0.05) is 32.9 Å². The van der Waals surface area contributed by atoms with E-state index in [0.29, 0.717) is 33.7 Å². The van der Waals surface area contributed by atoms with Crippen molar-refractivity contribution in [3.05, 3.63) is 62.4 Å². The molecular weight excluding hydrogens is 552 g/mol. The van der Waals surface area contributed by atoms with E-state index in [0.717, 1.165) is 40.5 Å². The Morgan fingerprint density at radius 2 is 1.70 bits per heavy atom. The van der Waals surface area contributed by atoms with E-state index in [2.05, 4.69) is 42.0 Å². The van der Waals surface area contributed by atoms with Gasteiger partial charge >= 0.3 is 0 Å². The molecule has 0 spiro atoms. The Hall–Kier alpha value is -2.84.